The number of hydrogen-bond donors (Lipinski definition) is 2. The van der Waals surface area contributed by atoms with Crippen LogP contribution in [-0.4, -0.2) is 65.9 Å². The zero-order valence-electron chi connectivity index (χ0n) is 24.1. The second kappa shape index (κ2) is 12.1. The molecule has 2 heterocycles. The van der Waals surface area contributed by atoms with E-state index in [1.807, 2.05) is 54.6 Å². The van der Waals surface area contributed by atoms with Gasteiger partial charge in [-0.25, -0.2) is 9.48 Å². The second-order valence-electron chi connectivity index (χ2n) is 11.2. The summed E-state index contributed by atoms with van der Waals surface area (Å²) in [6.45, 7) is 12.5. The first-order valence-electron chi connectivity index (χ1n) is 13.9. The fourth-order valence-electron chi connectivity index (χ4n) is 4.76. The Morgan fingerprint density at radius 3 is 2.34 bits per heavy atom. The number of fused-ring (bicyclic) bond motifs is 1. The van der Waals surface area contributed by atoms with Gasteiger partial charge in [0, 0.05) is 47.5 Å². The molecule has 214 valence electrons. The number of anilines is 2. The summed E-state index contributed by atoms with van der Waals surface area (Å²) in [7, 11) is 0. The maximum atomic E-state index is 13.3. The molecule has 9 heteroatoms. The van der Waals surface area contributed by atoms with Crippen molar-refractivity contribution in [2.45, 2.75) is 33.1 Å². The molecule has 0 bridgehead atoms. The molecule has 0 unspecified atom stereocenters. The number of urea groups is 1. The quantitative estimate of drug-likeness (QED) is 0.264. The number of rotatable bonds is 8. The van der Waals surface area contributed by atoms with Gasteiger partial charge in [0.2, 0.25) is 0 Å². The molecule has 2 N–H and O–H groups in total. The largest absolute Gasteiger partial charge is 0.492 e. The Hall–Kier alpha value is -4.21. The molecule has 0 saturated carbocycles. The van der Waals surface area contributed by atoms with Gasteiger partial charge in [-0.15, -0.1) is 0 Å². The van der Waals surface area contributed by atoms with E-state index in [2.05, 4.69) is 36.3 Å². The number of Topliss-reactive ketones (excluding diaryl/α,β-unsaturated/α-hetero) is 1. The first-order chi connectivity index (χ1) is 19.7. The van der Waals surface area contributed by atoms with Crippen LogP contribution in [0, 0.1) is 0 Å². The molecule has 41 heavy (non-hydrogen) atoms. The average Bonchev–Trinajstić information content (AvgIpc) is 3.39. The van der Waals surface area contributed by atoms with Gasteiger partial charge >= 0.3 is 6.03 Å². The molecule has 9 nitrogen and oxygen atoms in total. The van der Waals surface area contributed by atoms with Crippen molar-refractivity contribution < 1.29 is 19.1 Å². The molecule has 0 atom stereocenters. The summed E-state index contributed by atoms with van der Waals surface area (Å²) in [5.74, 6) is 1.29. The molecular formula is C32H37N5O4. The van der Waals surface area contributed by atoms with Crippen molar-refractivity contribution >= 4 is 34.1 Å². The average molecular weight is 556 g/mol. The Labute approximate surface area is 240 Å². The van der Waals surface area contributed by atoms with E-state index in [-0.39, 0.29) is 11.2 Å². The summed E-state index contributed by atoms with van der Waals surface area (Å²) in [4.78, 5) is 27.4. The van der Waals surface area contributed by atoms with Crippen LogP contribution in [0.5, 0.6) is 5.75 Å². The van der Waals surface area contributed by atoms with E-state index in [1.54, 1.807) is 16.8 Å². The monoisotopic (exact) mass is 555 g/mol. The van der Waals surface area contributed by atoms with Crippen molar-refractivity contribution in [1.82, 2.24) is 14.7 Å². The van der Waals surface area contributed by atoms with Gasteiger partial charge in [-0.3, -0.25) is 15.0 Å². The summed E-state index contributed by atoms with van der Waals surface area (Å²) < 4.78 is 13.3. The Kier molecular flexibility index (Phi) is 8.37. The van der Waals surface area contributed by atoms with Crippen molar-refractivity contribution in [3.8, 4) is 11.4 Å². The maximum Gasteiger partial charge on any atom is 0.324 e. The van der Waals surface area contributed by atoms with Crippen LogP contribution in [-0.2, 0) is 10.2 Å². The van der Waals surface area contributed by atoms with Gasteiger partial charge < -0.3 is 14.8 Å². The smallest absolute Gasteiger partial charge is 0.324 e. The third-order valence-corrected chi connectivity index (χ3v) is 7.14. The molecular weight excluding hydrogens is 518 g/mol. The number of hydrogen-bond acceptors (Lipinski definition) is 6. The molecule has 3 aromatic carbocycles. The molecule has 5 rings (SSSR count). The molecule has 1 aliphatic heterocycles. The topological polar surface area (TPSA) is 97.7 Å². The molecule has 2 amide bonds. The number of nitrogens with zero attached hydrogens (tertiary/aromatic N) is 3. The fourth-order valence-corrected chi connectivity index (χ4v) is 4.76. The van der Waals surface area contributed by atoms with E-state index in [0.717, 1.165) is 60.8 Å². The van der Waals surface area contributed by atoms with E-state index in [0.29, 0.717) is 23.7 Å². The van der Waals surface area contributed by atoms with Gasteiger partial charge in [-0.2, -0.15) is 5.10 Å². The van der Waals surface area contributed by atoms with E-state index < -0.39 is 6.03 Å². The van der Waals surface area contributed by atoms with Gasteiger partial charge in [0.05, 0.1) is 30.3 Å². The third kappa shape index (κ3) is 6.75. The lowest BCUT2D eigenvalue weighted by atomic mass is 9.92. The zero-order chi connectivity index (χ0) is 29.0. The molecule has 1 saturated heterocycles. The molecule has 1 aromatic heterocycles. The highest BCUT2D eigenvalue weighted by Gasteiger charge is 2.22. The minimum atomic E-state index is -0.391. The highest BCUT2D eigenvalue weighted by Crippen LogP contribution is 2.32. The Balaban J connectivity index is 1.34. The summed E-state index contributed by atoms with van der Waals surface area (Å²) >= 11 is 0. The van der Waals surface area contributed by atoms with Gasteiger partial charge in [-0.05, 0) is 43.3 Å². The number of carbonyl (C=O) groups is 2. The minimum absolute atomic E-state index is 0.00845. The molecule has 1 aliphatic rings. The summed E-state index contributed by atoms with van der Waals surface area (Å²) in [5, 5.41) is 12.6. The predicted octanol–water partition coefficient (Wildman–Crippen LogP) is 5.88. The number of aromatic nitrogens is 2. The van der Waals surface area contributed by atoms with E-state index in [9.17, 15) is 9.59 Å². The lowest BCUT2D eigenvalue weighted by Gasteiger charge is -2.26. The molecule has 4 aromatic rings. The number of ether oxygens (including phenoxy) is 2. The van der Waals surface area contributed by atoms with Crippen LogP contribution in [0.15, 0.2) is 66.7 Å². The highest BCUT2D eigenvalue weighted by atomic mass is 16.5. The summed E-state index contributed by atoms with van der Waals surface area (Å²) in [6.07, 6.45) is 0. The Morgan fingerprint density at radius 2 is 1.66 bits per heavy atom. The Bertz CT molecular complexity index is 1530. The van der Waals surface area contributed by atoms with Crippen LogP contribution in [0.1, 0.15) is 43.7 Å². The van der Waals surface area contributed by atoms with Crippen LogP contribution in [0.4, 0.5) is 16.3 Å². The van der Waals surface area contributed by atoms with E-state index in [4.69, 9.17) is 14.6 Å². The van der Waals surface area contributed by atoms with Crippen molar-refractivity contribution in [3.63, 3.8) is 0 Å². The van der Waals surface area contributed by atoms with Crippen molar-refractivity contribution in [2.24, 2.45) is 0 Å². The van der Waals surface area contributed by atoms with E-state index >= 15 is 0 Å². The predicted molar refractivity (Wildman–Crippen MR) is 162 cm³/mol. The number of benzene rings is 3. The number of morpholine rings is 1. The minimum Gasteiger partial charge on any atom is -0.492 e. The summed E-state index contributed by atoms with van der Waals surface area (Å²) in [6, 6.07) is 20.3. The normalized spacial score (nSPS) is 14.1. The highest BCUT2D eigenvalue weighted by molar-refractivity contribution is 6.07. The molecule has 0 aliphatic carbocycles. The van der Waals surface area contributed by atoms with Crippen LogP contribution < -0.4 is 15.4 Å². The molecule has 0 radical (unpaired) electrons. The van der Waals surface area contributed by atoms with Crippen LogP contribution >= 0.6 is 0 Å². The van der Waals surface area contributed by atoms with Crippen LogP contribution in [0.2, 0.25) is 0 Å². The van der Waals surface area contributed by atoms with Gasteiger partial charge in [0.25, 0.3) is 0 Å². The third-order valence-electron chi connectivity index (χ3n) is 7.14. The number of nitrogens with one attached hydrogen (secondary N) is 2. The SMILES string of the molecule is CC(=O)c1ccc(-n2nc(C(C)(C)C)cc2NC(=O)Nc2ccc(OCCN3CCOCC3)c3ccccc23)cc1. The number of ketones is 1. The molecule has 0 spiro atoms. The van der Waals surface area contributed by atoms with Crippen LogP contribution in [0.3, 0.4) is 0 Å². The number of carbonyl (C=O) groups excluding carboxylic acids is 2. The first-order valence-corrected chi connectivity index (χ1v) is 13.9. The standard InChI is InChI=1S/C32H37N5O4/c1-22(38)23-9-11-24(12-10-23)37-30(21-29(35-37)32(2,3)4)34-31(39)33-27-13-14-28(26-8-6-5-7-25(26)27)41-20-17-36-15-18-40-19-16-36/h5-14,21H,15-20H2,1-4H3,(H2,33,34,39). The fraction of sp³-hybridized carbons (Fsp3) is 0.344. The van der Waals surface area contributed by atoms with Crippen molar-refractivity contribution in [2.75, 3.05) is 50.1 Å². The Morgan fingerprint density at radius 1 is 0.951 bits per heavy atom. The van der Waals surface area contributed by atoms with E-state index in [1.165, 1.54) is 6.92 Å². The van der Waals surface area contributed by atoms with Crippen molar-refractivity contribution in [3.05, 3.63) is 78.0 Å². The zero-order valence-corrected chi connectivity index (χ0v) is 24.1. The number of amides is 2. The lowest BCUT2D eigenvalue weighted by Crippen LogP contribution is -2.38. The van der Waals surface area contributed by atoms with Gasteiger partial charge in [-0.1, -0.05) is 45.0 Å². The van der Waals surface area contributed by atoms with Gasteiger partial charge in [0.15, 0.2) is 5.78 Å². The maximum absolute atomic E-state index is 13.3. The lowest BCUT2D eigenvalue weighted by molar-refractivity contribution is 0.0323. The van der Waals surface area contributed by atoms with Crippen molar-refractivity contribution in [1.29, 1.82) is 0 Å². The molecule has 1 fully saturated rings. The van der Waals surface area contributed by atoms with Crippen LogP contribution in [0.25, 0.3) is 16.5 Å². The van der Waals surface area contributed by atoms with Gasteiger partial charge in [0.1, 0.15) is 18.2 Å². The first kappa shape index (κ1) is 28.3. The second-order valence-corrected chi connectivity index (χ2v) is 11.2. The summed E-state index contributed by atoms with van der Waals surface area (Å²) in [5.41, 5.74) is 2.62.